The fourth-order valence-corrected chi connectivity index (χ4v) is 2.17. The molecule has 1 N–H and O–H groups in total. The lowest BCUT2D eigenvalue weighted by Crippen LogP contribution is -2.18. The molecule has 1 aromatic heterocycles. The highest BCUT2D eigenvalue weighted by molar-refractivity contribution is 6.31. The van der Waals surface area contributed by atoms with E-state index in [1.165, 1.54) is 0 Å². The third kappa shape index (κ3) is 3.22. The lowest BCUT2D eigenvalue weighted by Gasteiger charge is -2.17. The van der Waals surface area contributed by atoms with E-state index in [0.717, 1.165) is 30.2 Å². The van der Waals surface area contributed by atoms with Crippen LogP contribution in [0.15, 0.2) is 6.20 Å². The summed E-state index contributed by atoms with van der Waals surface area (Å²) in [6.07, 6.45) is 2.84. The first-order valence-corrected chi connectivity index (χ1v) is 6.39. The van der Waals surface area contributed by atoms with Gasteiger partial charge in [-0.3, -0.25) is 4.68 Å². The maximum absolute atomic E-state index is 6.19. The average molecular weight is 244 g/mol. The zero-order valence-electron chi connectivity index (χ0n) is 10.6. The molecule has 0 saturated heterocycles. The van der Waals surface area contributed by atoms with Crippen LogP contribution < -0.4 is 5.32 Å². The van der Waals surface area contributed by atoms with Crippen LogP contribution in [0.5, 0.6) is 0 Å². The third-order valence-electron chi connectivity index (χ3n) is 2.75. The summed E-state index contributed by atoms with van der Waals surface area (Å²) >= 11 is 6.19. The SMILES string of the molecule is CCNCCC(C)c1c(Cl)cnn1C(C)C. The summed E-state index contributed by atoms with van der Waals surface area (Å²) in [6, 6.07) is 0.365. The number of nitrogens with zero attached hydrogens (tertiary/aromatic N) is 2. The molecule has 0 aliphatic heterocycles. The Bertz CT molecular complexity index is 320. The zero-order valence-corrected chi connectivity index (χ0v) is 11.4. The molecule has 0 saturated carbocycles. The van der Waals surface area contributed by atoms with Crippen LogP contribution in [0.4, 0.5) is 0 Å². The smallest absolute Gasteiger partial charge is 0.0820 e. The number of nitrogens with one attached hydrogen (secondary N) is 1. The van der Waals surface area contributed by atoms with Crippen molar-refractivity contribution in [2.24, 2.45) is 0 Å². The number of halogens is 1. The van der Waals surface area contributed by atoms with Crippen LogP contribution in [0.25, 0.3) is 0 Å². The molecule has 0 aromatic carbocycles. The lowest BCUT2D eigenvalue weighted by atomic mass is 10.0. The van der Waals surface area contributed by atoms with E-state index in [4.69, 9.17) is 11.6 Å². The Morgan fingerprint density at radius 2 is 2.12 bits per heavy atom. The van der Waals surface area contributed by atoms with Crippen LogP contribution in [0.1, 0.15) is 51.8 Å². The number of hydrogen-bond acceptors (Lipinski definition) is 2. The Morgan fingerprint density at radius 3 is 2.69 bits per heavy atom. The molecule has 4 heteroatoms. The fraction of sp³-hybridized carbons (Fsp3) is 0.750. The van der Waals surface area contributed by atoms with Gasteiger partial charge in [-0.2, -0.15) is 5.10 Å². The first-order valence-electron chi connectivity index (χ1n) is 6.01. The van der Waals surface area contributed by atoms with Gasteiger partial charge in [0.2, 0.25) is 0 Å². The van der Waals surface area contributed by atoms with E-state index in [9.17, 15) is 0 Å². The predicted octanol–water partition coefficient (Wildman–Crippen LogP) is 3.22. The number of rotatable bonds is 6. The van der Waals surface area contributed by atoms with Gasteiger partial charge in [0.05, 0.1) is 16.9 Å². The monoisotopic (exact) mass is 243 g/mol. The minimum absolute atomic E-state index is 0.365. The van der Waals surface area contributed by atoms with Crippen LogP contribution in [0.2, 0.25) is 5.02 Å². The second-order valence-corrected chi connectivity index (χ2v) is 4.87. The normalized spacial score (nSPS) is 13.4. The van der Waals surface area contributed by atoms with Gasteiger partial charge in [-0.05, 0) is 33.4 Å². The Labute approximate surface area is 103 Å². The Balaban J connectivity index is 2.73. The molecule has 0 spiro atoms. The quantitative estimate of drug-likeness (QED) is 0.778. The van der Waals surface area contributed by atoms with Gasteiger partial charge in [-0.1, -0.05) is 25.4 Å². The molecule has 1 heterocycles. The average Bonchev–Trinajstić information content (AvgIpc) is 2.60. The van der Waals surface area contributed by atoms with Gasteiger partial charge < -0.3 is 5.32 Å². The molecular weight excluding hydrogens is 222 g/mol. The molecule has 1 rings (SSSR count). The summed E-state index contributed by atoms with van der Waals surface area (Å²) < 4.78 is 2.03. The fourth-order valence-electron chi connectivity index (χ4n) is 1.86. The van der Waals surface area contributed by atoms with Crippen LogP contribution >= 0.6 is 11.6 Å². The number of hydrogen-bond donors (Lipinski definition) is 1. The first-order chi connectivity index (χ1) is 7.57. The van der Waals surface area contributed by atoms with Crippen molar-refractivity contribution < 1.29 is 0 Å². The minimum Gasteiger partial charge on any atom is -0.317 e. The molecule has 0 radical (unpaired) electrons. The summed E-state index contributed by atoms with van der Waals surface area (Å²) in [5.74, 6) is 0.441. The maximum Gasteiger partial charge on any atom is 0.0820 e. The van der Waals surface area contributed by atoms with Gasteiger partial charge in [-0.15, -0.1) is 0 Å². The van der Waals surface area contributed by atoms with E-state index < -0.39 is 0 Å². The summed E-state index contributed by atoms with van der Waals surface area (Å²) in [7, 11) is 0. The van der Waals surface area contributed by atoms with E-state index in [1.807, 2.05) is 4.68 Å². The molecule has 16 heavy (non-hydrogen) atoms. The van der Waals surface area contributed by atoms with Crippen molar-refractivity contribution in [3.05, 3.63) is 16.9 Å². The summed E-state index contributed by atoms with van der Waals surface area (Å²) in [4.78, 5) is 0. The van der Waals surface area contributed by atoms with Gasteiger partial charge in [0.15, 0.2) is 0 Å². The van der Waals surface area contributed by atoms with E-state index in [-0.39, 0.29) is 0 Å². The van der Waals surface area contributed by atoms with Crippen molar-refractivity contribution in [2.45, 2.75) is 46.1 Å². The summed E-state index contributed by atoms with van der Waals surface area (Å²) in [6.45, 7) is 10.6. The van der Waals surface area contributed by atoms with E-state index in [0.29, 0.717) is 12.0 Å². The van der Waals surface area contributed by atoms with Crippen molar-refractivity contribution in [3.8, 4) is 0 Å². The topological polar surface area (TPSA) is 29.9 Å². The van der Waals surface area contributed by atoms with Gasteiger partial charge in [0, 0.05) is 12.0 Å². The van der Waals surface area contributed by atoms with Crippen molar-refractivity contribution in [2.75, 3.05) is 13.1 Å². The predicted molar refractivity (Wildman–Crippen MR) is 69.2 cm³/mol. The molecule has 1 atom stereocenters. The molecule has 0 bridgehead atoms. The second kappa shape index (κ2) is 6.26. The van der Waals surface area contributed by atoms with E-state index in [1.54, 1.807) is 6.20 Å². The van der Waals surface area contributed by atoms with Crippen LogP contribution in [-0.2, 0) is 0 Å². The summed E-state index contributed by atoms with van der Waals surface area (Å²) in [5, 5.41) is 8.45. The lowest BCUT2D eigenvalue weighted by molar-refractivity contribution is 0.478. The Kier molecular flexibility index (Phi) is 5.29. The standard InChI is InChI=1S/C12H22ClN3/c1-5-14-7-6-10(4)12-11(13)8-15-16(12)9(2)3/h8-10,14H,5-7H2,1-4H3. The molecule has 92 valence electrons. The van der Waals surface area contributed by atoms with Gasteiger partial charge in [0.1, 0.15) is 0 Å². The van der Waals surface area contributed by atoms with Crippen LogP contribution in [-0.4, -0.2) is 22.9 Å². The number of aromatic nitrogens is 2. The molecular formula is C12H22ClN3. The second-order valence-electron chi connectivity index (χ2n) is 4.46. The highest BCUT2D eigenvalue weighted by Crippen LogP contribution is 2.28. The van der Waals surface area contributed by atoms with Crippen molar-refractivity contribution >= 4 is 11.6 Å². The van der Waals surface area contributed by atoms with Gasteiger partial charge in [0.25, 0.3) is 0 Å². The van der Waals surface area contributed by atoms with Gasteiger partial charge in [-0.25, -0.2) is 0 Å². The molecule has 0 aliphatic carbocycles. The van der Waals surface area contributed by atoms with Crippen molar-refractivity contribution in [3.63, 3.8) is 0 Å². The van der Waals surface area contributed by atoms with Crippen molar-refractivity contribution in [1.29, 1.82) is 0 Å². The molecule has 0 amide bonds. The van der Waals surface area contributed by atoms with Crippen molar-refractivity contribution in [1.82, 2.24) is 15.1 Å². The summed E-state index contributed by atoms with van der Waals surface area (Å²) in [5.41, 5.74) is 1.16. The Hall–Kier alpha value is -0.540. The molecule has 0 aliphatic rings. The Morgan fingerprint density at radius 1 is 1.44 bits per heavy atom. The highest BCUT2D eigenvalue weighted by Gasteiger charge is 2.17. The molecule has 1 unspecified atom stereocenters. The van der Waals surface area contributed by atoms with Gasteiger partial charge >= 0.3 is 0 Å². The minimum atomic E-state index is 0.365. The van der Waals surface area contributed by atoms with Crippen LogP contribution in [0.3, 0.4) is 0 Å². The molecule has 3 nitrogen and oxygen atoms in total. The van der Waals surface area contributed by atoms with E-state index in [2.05, 4.69) is 38.1 Å². The largest absolute Gasteiger partial charge is 0.317 e. The zero-order chi connectivity index (χ0) is 12.1. The molecule has 1 aromatic rings. The van der Waals surface area contributed by atoms with Crippen LogP contribution in [0, 0.1) is 0 Å². The van der Waals surface area contributed by atoms with E-state index >= 15 is 0 Å². The third-order valence-corrected chi connectivity index (χ3v) is 3.04. The molecule has 0 fully saturated rings. The first kappa shape index (κ1) is 13.5. The maximum atomic E-state index is 6.19. The highest BCUT2D eigenvalue weighted by atomic mass is 35.5.